The highest BCUT2D eigenvalue weighted by Crippen LogP contribution is 2.50. The predicted octanol–water partition coefficient (Wildman–Crippen LogP) is 13.3. The molecule has 0 saturated carbocycles. The minimum absolute atomic E-state index is 0.106. The molecule has 0 spiro atoms. The summed E-state index contributed by atoms with van der Waals surface area (Å²) in [6, 6.07) is 82.0. The normalized spacial score (nSPS) is 16.3. The second kappa shape index (κ2) is 16.6. The van der Waals surface area contributed by atoms with E-state index in [2.05, 4.69) is 247 Å². The number of rotatable bonds is 9. The predicted molar refractivity (Wildman–Crippen MR) is 250 cm³/mol. The van der Waals surface area contributed by atoms with Crippen LogP contribution < -0.4 is 10.6 Å². The highest BCUT2D eigenvalue weighted by molar-refractivity contribution is 6.24. The quantitative estimate of drug-likeness (QED) is 0.153. The minimum Gasteiger partial charge on any atom is -0.373 e. The van der Waals surface area contributed by atoms with E-state index in [1.54, 1.807) is 0 Å². The molecule has 2 unspecified atom stereocenters. The highest BCUT2D eigenvalue weighted by Gasteiger charge is 2.33. The number of nitrogens with one attached hydrogen (secondary N) is 2. The lowest BCUT2D eigenvalue weighted by Gasteiger charge is -2.36. The van der Waals surface area contributed by atoms with Crippen LogP contribution in [0.5, 0.6) is 0 Å². The first-order valence-corrected chi connectivity index (χ1v) is 20.6. The van der Waals surface area contributed by atoms with Crippen LogP contribution in [0.4, 0.5) is 0 Å². The Hall–Kier alpha value is -7.75. The maximum atomic E-state index is 5.29. The molecule has 2 aliphatic rings. The van der Waals surface area contributed by atoms with Crippen molar-refractivity contribution in [1.29, 1.82) is 0 Å². The molecule has 0 amide bonds. The Balaban J connectivity index is 1.13. The van der Waals surface area contributed by atoms with Crippen molar-refractivity contribution >= 4 is 33.8 Å². The third-order valence-corrected chi connectivity index (χ3v) is 11.4. The van der Waals surface area contributed by atoms with Crippen LogP contribution in [0.1, 0.15) is 56.7 Å². The van der Waals surface area contributed by atoms with Gasteiger partial charge < -0.3 is 10.6 Å². The van der Waals surface area contributed by atoms with Crippen molar-refractivity contribution in [2.24, 2.45) is 4.99 Å². The van der Waals surface area contributed by atoms with Gasteiger partial charge in [0.2, 0.25) is 0 Å². The van der Waals surface area contributed by atoms with Gasteiger partial charge in [-0.25, -0.2) is 0 Å². The lowest BCUT2D eigenvalue weighted by atomic mass is 9.77. The molecule has 2 N–H and O–H groups in total. The zero-order valence-corrected chi connectivity index (χ0v) is 33.1. The number of nitrogens with zero attached hydrogens (tertiary/aromatic N) is 1. The second-order valence-electron chi connectivity index (χ2n) is 15.2. The van der Waals surface area contributed by atoms with Crippen LogP contribution in [-0.2, 0) is 0 Å². The van der Waals surface area contributed by atoms with Crippen LogP contribution in [0.2, 0.25) is 0 Å². The largest absolute Gasteiger partial charge is 0.373 e. The van der Waals surface area contributed by atoms with Crippen LogP contribution in [-0.4, -0.2) is 5.71 Å². The third-order valence-electron chi connectivity index (χ3n) is 11.4. The summed E-state index contributed by atoms with van der Waals surface area (Å²) in [7, 11) is 0. The average molecular weight is 770 g/mol. The molecule has 8 aromatic rings. The van der Waals surface area contributed by atoms with Gasteiger partial charge in [0.1, 0.15) is 6.17 Å². The zero-order valence-electron chi connectivity index (χ0n) is 33.1. The molecule has 2 heterocycles. The van der Waals surface area contributed by atoms with Gasteiger partial charge in [-0.05, 0) is 78.9 Å². The summed E-state index contributed by atoms with van der Waals surface area (Å²) in [6.07, 6.45) is 1.92. The number of aliphatic imine (C=N–C) groups is 1. The summed E-state index contributed by atoms with van der Waals surface area (Å²) in [6.45, 7) is 0. The Morgan fingerprint density at radius 3 is 1.42 bits per heavy atom. The Morgan fingerprint density at radius 1 is 0.333 bits per heavy atom. The van der Waals surface area contributed by atoms with Gasteiger partial charge in [-0.15, -0.1) is 0 Å². The van der Waals surface area contributed by atoms with E-state index in [9.17, 15) is 0 Å². The topological polar surface area (TPSA) is 36.4 Å². The Kier molecular flexibility index (Phi) is 10.1. The van der Waals surface area contributed by atoms with Crippen LogP contribution in [0.15, 0.2) is 242 Å². The number of allylic oxidation sites excluding steroid dienone is 3. The van der Waals surface area contributed by atoms with Crippen molar-refractivity contribution in [3.8, 4) is 11.1 Å². The summed E-state index contributed by atoms with van der Waals surface area (Å²) in [5, 5.41) is 7.92. The fraction of sp³-hybridized carbons (Fsp3) is 0.0351. The Labute approximate surface area is 352 Å². The molecule has 0 saturated heterocycles. The average Bonchev–Trinajstić information content (AvgIpc) is 3.35. The van der Waals surface area contributed by atoms with Crippen molar-refractivity contribution in [3.05, 3.63) is 281 Å². The molecule has 3 nitrogen and oxygen atoms in total. The standard InChI is InChI=1S/C57H43N3/c1-7-20-40(21-8-1)48-32-19-33-49(38-48)57-58-50(41-22-9-2-10-23-41)39-51(59-57)42-34-36-45(37-35-42)52-53(43-24-11-3-12-25-43)55(46-28-15-5-16-29-46)60-56(47-30-17-6-18-31-47)54(52)44-26-13-4-14-27-44/h1-39,55,57,59-60H. The molecule has 8 aromatic carbocycles. The van der Waals surface area contributed by atoms with Crippen LogP contribution in [0.3, 0.4) is 0 Å². The fourth-order valence-corrected chi connectivity index (χ4v) is 8.50. The van der Waals surface area contributed by atoms with Crippen molar-refractivity contribution in [3.63, 3.8) is 0 Å². The van der Waals surface area contributed by atoms with Crippen molar-refractivity contribution in [2.75, 3.05) is 0 Å². The molecule has 286 valence electrons. The summed E-state index contributed by atoms with van der Waals surface area (Å²) < 4.78 is 0. The molecule has 2 atom stereocenters. The lowest BCUT2D eigenvalue weighted by molar-refractivity contribution is 0.664. The lowest BCUT2D eigenvalue weighted by Crippen LogP contribution is -2.27. The van der Waals surface area contributed by atoms with Crippen LogP contribution in [0.25, 0.3) is 39.2 Å². The molecule has 0 aliphatic carbocycles. The fourth-order valence-electron chi connectivity index (χ4n) is 8.50. The molecule has 0 bridgehead atoms. The monoisotopic (exact) mass is 769 g/mol. The van der Waals surface area contributed by atoms with Gasteiger partial charge in [0.25, 0.3) is 0 Å². The molecular formula is C57H43N3. The van der Waals surface area contributed by atoms with Gasteiger partial charge in [-0.1, -0.05) is 224 Å². The first-order valence-electron chi connectivity index (χ1n) is 20.6. The number of dihydropyridines is 1. The van der Waals surface area contributed by atoms with E-state index in [-0.39, 0.29) is 12.2 Å². The summed E-state index contributed by atoms with van der Waals surface area (Å²) in [4.78, 5) is 5.29. The second-order valence-corrected chi connectivity index (χ2v) is 15.2. The third kappa shape index (κ3) is 7.41. The maximum Gasteiger partial charge on any atom is 0.145 e. The van der Waals surface area contributed by atoms with Gasteiger partial charge in [0.05, 0.1) is 17.5 Å². The summed E-state index contributed by atoms with van der Waals surface area (Å²) >= 11 is 0. The van der Waals surface area contributed by atoms with E-state index >= 15 is 0 Å². The van der Waals surface area contributed by atoms with E-state index < -0.39 is 0 Å². The van der Waals surface area contributed by atoms with E-state index in [1.165, 1.54) is 39.0 Å². The number of hydrogen-bond donors (Lipinski definition) is 2. The zero-order chi connectivity index (χ0) is 40.1. The van der Waals surface area contributed by atoms with Gasteiger partial charge in [-0.2, -0.15) is 0 Å². The van der Waals surface area contributed by atoms with Gasteiger partial charge >= 0.3 is 0 Å². The molecule has 0 radical (unpaired) electrons. The van der Waals surface area contributed by atoms with E-state index in [0.29, 0.717) is 0 Å². The van der Waals surface area contributed by atoms with Crippen molar-refractivity contribution in [2.45, 2.75) is 12.2 Å². The first-order chi connectivity index (χ1) is 29.8. The van der Waals surface area contributed by atoms with Gasteiger partial charge in [0.15, 0.2) is 0 Å². The Morgan fingerprint density at radius 2 is 0.800 bits per heavy atom. The maximum absolute atomic E-state index is 5.29. The highest BCUT2D eigenvalue weighted by atomic mass is 15.1. The summed E-state index contributed by atoms with van der Waals surface area (Å²) in [5.74, 6) is 0. The molecular weight excluding hydrogens is 727 g/mol. The van der Waals surface area contributed by atoms with Crippen molar-refractivity contribution < 1.29 is 0 Å². The van der Waals surface area contributed by atoms with E-state index in [0.717, 1.165) is 50.5 Å². The van der Waals surface area contributed by atoms with E-state index in [4.69, 9.17) is 4.99 Å². The van der Waals surface area contributed by atoms with E-state index in [1.807, 2.05) is 0 Å². The first kappa shape index (κ1) is 36.6. The van der Waals surface area contributed by atoms with Gasteiger partial charge in [0, 0.05) is 11.3 Å². The Bertz CT molecular complexity index is 2860. The molecule has 10 rings (SSSR count). The molecule has 0 aromatic heterocycles. The smallest absolute Gasteiger partial charge is 0.145 e. The van der Waals surface area contributed by atoms with Crippen LogP contribution >= 0.6 is 0 Å². The SMILES string of the molecule is C1=C(c2ccc(C3=C(c4ccccc4)C(c4ccccc4)NC(c4ccccc4)=C3c3ccccc3)cc2)NC(c2cccc(-c3ccccc3)c2)N=C1c1ccccc1. The van der Waals surface area contributed by atoms with Crippen molar-refractivity contribution in [1.82, 2.24) is 10.6 Å². The minimum atomic E-state index is -0.270. The molecule has 3 heteroatoms. The summed E-state index contributed by atoms with van der Waals surface area (Å²) in [5.41, 5.74) is 18.2. The molecule has 0 fully saturated rings. The van der Waals surface area contributed by atoms with Gasteiger partial charge in [-0.3, -0.25) is 4.99 Å². The van der Waals surface area contributed by atoms with Crippen LogP contribution in [0, 0.1) is 0 Å². The number of hydrogen-bond acceptors (Lipinski definition) is 3. The molecule has 2 aliphatic heterocycles. The number of benzene rings is 8. The molecule has 60 heavy (non-hydrogen) atoms.